The van der Waals surface area contributed by atoms with Crippen LogP contribution in [0.15, 0.2) is 24.3 Å². The Morgan fingerprint density at radius 1 is 1.24 bits per heavy atom. The van der Waals surface area contributed by atoms with Crippen LogP contribution in [-0.2, 0) is 4.79 Å². The minimum absolute atomic E-state index is 0.000202. The van der Waals surface area contributed by atoms with Gasteiger partial charge in [-0.15, -0.1) is 0 Å². The van der Waals surface area contributed by atoms with Crippen molar-refractivity contribution in [1.29, 1.82) is 0 Å². The lowest BCUT2D eigenvalue weighted by Crippen LogP contribution is -2.34. The van der Waals surface area contributed by atoms with E-state index in [4.69, 9.17) is 12.2 Å². The fourth-order valence-corrected chi connectivity index (χ4v) is 2.46. The van der Waals surface area contributed by atoms with Crippen molar-refractivity contribution >= 4 is 34.8 Å². The Balaban J connectivity index is 2.11. The number of para-hydroxylation sites is 1. The highest BCUT2D eigenvalue weighted by atomic mass is 32.1. The molecule has 5 nitrogen and oxygen atoms in total. The van der Waals surface area contributed by atoms with Gasteiger partial charge in [-0.1, -0.05) is 19.1 Å². The summed E-state index contributed by atoms with van der Waals surface area (Å²) in [4.78, 5) is 25.7. The smallest absolute Gasteiger partial charge is 0.255 e. The second-order valence-corrected chi connectivity index (χ2v) is 5.31. The van der Waals surface area contributed by atoms with Crippen LogP contribution in [0.3, 0.4) is 0 Å². The number of rotatable bonds is 3. The first kappa shape index (κ1) is 15.4. The molecular formula is C15H19N3O2S. The molecule has 0 saturated carbocycles. The van der Waals surface area contributed by atoms with Crippen LogP contribution in [0.25, 0.3) is 0 Å². The third-order valence-electron chi connectivity index (χ3n) is 3.37. The predicted molar refractivity (Wildman–Crippen MR) is 86.2 cm³/mol. The lowest BCUT2D eigenvalue weighted by Gasteiger charge is -2.18. The first-order valence-electron chi connectivity index (χ1n) is 7.11. The van der Waals surface area contributed by atoms with E-state index in [0.717, 1.165) is 25.9 Å². The van der Waals surface area contributed by atoms with Crippen LogP contribution in [0.5, 0.6) is 0 Å². The SMILES string of the molecule is CCC(=O)NC(=S)Nc1ccccc1C(=O)N1CCCC1. The summed E-state index contributed by atoms with van der Waals surface area (Å²) in [5.41, 5.74) is 1.20. The maximum absolute atomic E-state index is 12.5. The minimum Gasteiger partial charge on any atom is -0.339 e. The van der Waals surface area contributed by atoms with E-state index in [2.05, 4.69) is 10.6 Å². The molecule has 2 rings (SSSR count). The van der Waals surface area contributed by atoms with E-state index in [9.17, 15) is 9.59 Å². The monoisotopic (exact) mass is 305 g/mol. The van der Waals surface area contributed by atoms with Crippen LogP contribution in [0, 0.1) is 0 Å². The summed E-state index contributed by atoms with van der Waals surface area (Å²) in [5, 5.41) is 5.71. The van der Waals surface area contributed by atoms with Gasteiger partial charge in [0.15, 0.2) is 5.11 Å². The average Bonchev–Trinajstić information content (AvgIpc) is 3.01. The number of hydrogen-bond acceptors (Lipinski definition) is 3. The van der Waals surface area contributed by atoms with Crippen LogP contribution in [0.1, 0.15) is 36.5 Å². The number of nitrogens with one attached hydrogen (secondary N) is 2. The summed E-state index contributed by atoms with van der Waals surface area (Å²) < 4.78 is 0. The fraction of sp³-hybridized carbons (Fsp3) is 0.400. The maximum Gasteiger partial charge on any atom is 0.255 e. The van der Waals surface area contributed by atoms with Crippen molar-refractivity contribution in [2.75, 3.05) is 18.4 Å². The Hall–Kier alpha value is -1.95. The lowest BCUT2D eigenvalue weighted by atomic mass is 10.1. The minimum atomic E-state index is -0.157. The van der Waals surface area contributed by atoms with Crippen LogP contribution in [0.2, 0.25) is 0 Å². The molecule has 2 amide bonds. The third-order valence-corrected chi connectivity index (χ3v) is 3.58. The van der Waals surface area contributed by atoms with Gasteiger partial charge in [0, 0.05) is 19.5 Å². The zero-order valence-corrected chi connectivity index (χ0v) is 12.8. The van der Waals surface area contributed by atoms with Crippen molar-refractivity contribution in [3.8, 4) is 0 Å². The van der Waals surface area contributed by atoms with E-state index in [-0.39, 0.29) is 16.9 Å². The summed E-state index contributed by atoms with van der Waals surface area (Å²) in [5.74, 6) is -0.156. The topological polar surface area (TPSA) is 61.4 Å². The number of amides is 2. The molecule has 2 N–H and O–H groups in total. The van der Waals surface area contributed by atoms with E-state index in [1.54, 1.807) is 19.1 Å². The van der Waals surface area contributed by atoms with Gasteiger partial charge in [0.1, 0.15) is 0 Å². The van der Waals surface area contributed by atoms with Crippen LogP contribution >= 0.6 is 12.2 Å². The molecule has 1 aliphatic heterocycles. The summed E-state index contributed by atoms with van der Waals surface area (Å²) in [7, 11) is 0. The molecule has 21 heavy (non-hydrogen) atoms. The summed E-state index contributed by atoms with van der Waals surface area (Å²) in [6.45, 7) is 3.34. The predicted octanol–water partition coefficient (Wildman–Crippen LogP) is 2.15. The molecule has 1 aliphatic rings. The molecule has 6 heteroatoms. The summed E-state index contributed by atoms with van der Waals surface area (Å²) >= 11 is 5.09. The van der Waals surface area contributed by atoms with Gasteiger partial charge >= 0.3 is 0 Å². The fourth-order valence-electron chi connectivity index (χ4n) is 2.24. The molecule has 112 valence electrons. The van der Waals surface area contributed by atoms with Crippen molar-refractivity contribution < 1.29 is 9.59 Å². The number of hydrogen-bond donors (Lipinski definition) is 2. The summed E-state index contributed by atoms with van der Waals surface area (Å²) in [6.07, 6.45) is 2.45. The quantitative estimate of drug-likeness (QED) is 0.840. The molecule has 0 unspecified atom stereocenters. The first-order valence-corrected chi connectivity index (χ1v) is 7.51. The molecule has 1 saturated heterocycles. The number of likely N-dealkylation sites (tertiary alicyclic amines) is 1. The highest BCUT2D eigenvalue weighted by molar-refractivity contribution is 7.80. The molecule has 1 aromatic rings. The van der Waals surface area contributed by atoms with E-state index in [1.165, 1.54) is 0 Å². The highest BCUT2D eigenvalue weighted by Gasteiger charge is 2.21. The molecule has 0 spiro atoms. The number of carbonyl (C=O) groups excluding carboxylic acids is 2. The first-order chi connectivity index (χ1) is 10.1. The second-order valence-electron chi connectivity index (χ2n) is 4.90. The number of carbonyl (C=O) groups is 2. The number of nitrogens with zero attached hydrogens (tertiary/aromatic N) is 1. The standard InChI is InChI=1S/C15H19N3O2S/c1-2-13(19)17-15(21)16-12-8-4-3-7-11(12)14(20)18-9-5-6-10-18/h3-4,7-8H,2,5-6,9-10H2,1H3,(H2,16,17,19,21). The Kier molecular flexibility index (Phi) is 5.27. The van der Waals surface area contributed by atoms with Crippen molar-refractivity contribution in [2.24, 2.45) is 0 Å². The van der Waals surface area contributed by atoms with Crippen molar-refractivity contribution in [3.05, 3.63) is 29.8 Å². The number of anilines is 1. The second kappa shape index (κ2) is 7.17. The molecule has 0 aromatic heterocycles. The van der Waals surface area contributed by atoms with E-state index >= 15 is 0 Å². The van der Waals surface area contributed by atoms with Gasteiger partial charge in [0.05, 0.1) is 11.3 Å². The Bertz CT molecular complexity index is 554. The number of benzene rings is 1. The van der Waals surface area contributed by atoms with Crippen LogP contribution < -0.4 is 10.6 Å². The Labute approximate surface area is 129 Å². The molecule has 1 aromatic carbocycles. The van der Waals surface area contributed by atoms with Gasteiger partial charge < -0.3 is 15.5 Å². The van der Waals surface area contributed by atoms with Crippen molar-refractivity contribution in [1.82, 2.24) is 10.2 Å². The largest absolute Gasteiger partial charge is 0.339 e. The van der Waals surface area contributed by atoms with Gasteiger partial charge in [-0.3, -0.25) is 9.59 Å². The van der Waals surface area contributed by atoms with Crippen LogP contribution in [-0.4, -0.2) is 34.9 Å². The maximum atomic E-state index is 12.5. The normalized spacial score (nSPS) is 13.9. The van der Waals surface area contributed by atoms with Gasteiger partial charge in [0.2, 0.25) is 5.91 Å². The van der Waals surface area contributed by atoms with Crippen LogP contribution in [0.4, 0.5) is 5.69 Å². The molecule has 0 radical (unpaired) electrons. The average molecular weight is 305 g/mol. The molecular weight excluding hydrogens is 286 g/mol. The molecule has 0 bridgehead atoms. The number of thiocarbonyl (C=S) groups is 1. The zero-order valence-electron chi connectivity index (χ0n) is 12.0. The third kappa shape index (κ3) is 4.01. The van der Waals surface area contributed by atoms with Gasteiger partial charge in [-0.2, -0.15) is 0 Å². The summed E-state index contributed by atoms with van der Waals surface area (Å²) in [6, 6.07) is 7.20. The van der Waals surface area contributed by atoms with E-state index in [1.807, 2.05) is 17.0 Å². The Morgan fingerprint density at radius 2 is 1.90 bits per heavy atom. The van der Waals surface area contributed by atoms with Gasteiger partial charge in [-0.25, -0.2) is 0 Å². The molecule has 0 aliphatic carbocycles. The molecule has 0 atom stereocenters. The lowest BCUT2D eigenvalue weighted by molar-refractivity contribution is -0.119. The molecule has 1 fully saturated rings. The zero-order chi connectivity index (χ0) is 15.2. The van der Waals surface area contributed by atoms with E-state index < -0.39 is 0 Å². The van der Waals surface area contributed by atoms with E-state index in [0.29, 0.717) is 17.7 Å². The van der Waals surface area contributed by atoms with Gasteiger partial charge in [0.25, 0.3) is 5.91 Å². The van der Waals surface area contributed by atoms with Crippen molar-refractivity contribution in [3.63, 3.8) is 0 Å². The van der Waals surface area contributed by atoms with Crippen molar-refractivity contribution in [2.45, 2.75) is 26.2 Å². The highest BCUT2D eigenvalue weighted by Crippen LogP contribution is 2.20. The Morgan fingerprint density at radius 3 is 2.57 bits per heavy atom. The van der Waals surface area contributed by atoms with Gasteiger partial charge in [-0.05, 0) is 37.2 Å². The molecule has 1 heterocycles.